The first-order valence-electron chi connectivity index (χ1n) is 7.84. The van der Waals surface area contributed by atoms with Crippen molar-refractivity contribution in [3.05, 3.63) is 21.9 Å². The second-order valence-electron chi connectivity index (χ2n) is 6.10. The second kappa shape index (κ2) is 6.07. The quantitative estimate of drug-likeness (QED) is 0.930. The fourth-order valence-electron chi connectivity index (χ4n) is 3.41. The summed E-state index contributed by atoms with van der Waals surface area (Å²) in [6.45, 7) is 7.86. The van der Waals surface area contributed by atoms with Crippen molar-refractivity contribution in [2.24, 2.45) is 5.92 Å². The van der Waals surface area contributed by atoms with Crippen molar-refractivity contribution in [3.8, 4) is 0 Å². The van der Waals surface area contributed by atoms with E-state index in [-0.39, 0.29) is 18.1 Å². The van der Waals surface area contributed by atoms with Crippen LogP contribution in [0.2, 0.25) is 0 Å². The van der Waals surface area contributed by atoms with Gasteiger partial charge in [-0.1, -0.05) is 6.92 Å². The Bertz CT molecular complexity index is 516. The number of carbonyl (C=O) groups excluding carboxylic acids is 1. The molecule has 1 aromatic heterocycles. The summed E-state index contributed by atoms with van der Waals surface area (Å²) in [7, 11) is 0. The maximum Gasteiger partial charge on any atom is 0.241 e. The topological polar surface area (TPSA) is 41.6 Å². The van der Waals surface area contributed by atoms with E-state index < -0.39 is 0 Å². The van der Waals surface area contributed by atoms with Crippen LogP contribution in [0.3, 0.4) is 0 Å². The summed E-state index contributed by atoms with van der Waals surface area (Å²) < 4.78 is 5.78. The van der Waals surface area contributed by atoms with E-state index in [2.05, 4.69) is 31.3 Å². The fraction of sp³-hybridized carbons (Fsp3) is 0.688. The van der Waals surface area contributed by atoms with Crippen molar-refractivity contribution in [1.82, 2.24) is 10.2 Å². The third-order valence-corrected chi connectivity index (χ3v) is 5.64. The van der Waals surface area contributed by atoms with Gasteiger partial charge in [-0.3, -0.25) is 10.1 Å². The molecule has 0 aromatic carbocycles. The van der Waals surface area contributed by atoms with E-state index in [1.54, 1.807) is 11.3 Å². The van der Waals surface area contributed by atoms with Gasteiger partial charge in [0.2, 0.25) is 5.91 Å². The zero-order valence-corrected chi connectivity index (χ0v) is 13.8. The summed E-state index contributed by atoms with van der Waals surface area (Å²) in [6.07, 6.45) is 2.43. The molecule has 1 aromatic rings. The standard InChI is InChI=1S/C16H24N2O2S/c1-4-13-12(7-8-20-13)9-18-15(17-11(3)16(18)19)14-6-5-10(2)21-14/h5-6,11-13,15,17H,4,7-9H2,1-3H3. The zero-order valence-electron chi connectivity index (χ0n) is 13.0. The second-order valence-corrected chi connectivity index (χ2v) is 7.42. The van der Waals surface area contributed by atoms with E-state index in [1.807, 2.05) is 11.8 Å². The first-order chi connectivity index (χ1) is 10.1. The van der Waals surface area contributed by atoms with Crippen LogP contribution in [0.15, 0.2) is 12.1 Å². The van der Waals surface area contributed by atoms with Crippen molar-refractivity contribution < 1.29 is 9.53 Å². The van der Waals surface area contributed by atoms with Crippen LogP contribution in [0.1, 0.15) is 42.6 Å². The minimum Gasteiger partial charge on any atom is -0.378 e. The molecule has 4 nitrogen and oxygen atoms in total. The van der Waals surface area contributed by atoms with Crippen molar-refractivity contribution >= 4 is 17.2 Å². The normalized spacial score (nSPS) is 33.1. The van der Waals surface area contributed by atoms with Crippen molar-refractivity contribution in [2.45, 2.75) is 51.9 Å². The molecule has 2 aliphatic heterocycles. The van der Waals surface area contributed by atoms with Gasteiger partial charge in [0.25, 0.3) is 0 Å². The highest BCUT2D eigenvalue weighted by atomic mass is 32.1. The minimum atomic E-state index is -0.0974. The molecule has 21 heavy (non-hydrogen) atoms. The Morgan fingerprint density at radius 3 is 2.95 bits per heavy atom. The predicted octanol–water partition coefficient (Wildman–Crippen LogP) is 2.69. The first-order valence-corrected chi connectivity index (χ1v) is 8.66. The predicted molar refractivity (Wildman–Crippen MR) is 84.2 cm³/mol. The molecule has 5 heteroatoms. The smallest absolute Gasteiger partial charge is 0.241 e. The van der Waals surface area contributed by atoms with Crippen molar-refractivity contribution in [3.63, 3.8) is 0 Å². The molecule has 0 bridgehead atoms. The third-order valence-electron chi connectivity index (χ3n) is 4.58. The van der Waals surface area contributed by atoms with Crippen molar-refractivity contribution in [1.29, 1.82) is 0 Å². The largest absolute Gasteiger partial charge is 0.378 e. The highest BCUT2D eigenvalue weighted by molar-refractivity contribution is 7.12. The van der Waals surface area contributed by atoms with Gasteiger partial charge in [0, 0.05) is 28.8 Å². The highest BCUT2D eigenvalue weighted by Gasteiger charge is 2.40. The lowest BCUT2D eigenvalue weighted by Gasteiger charge is -2.28. The number of amides is 1. The number of aryl methyl sites for hydroxylation is 1. The van der Waals surface area contributed by atoms with Crippen LogP contribution >= 0.6 is 11.3 Å². The van der Waals surface area contributed by atoms with E-state index in [9.17, 15) is 4.79 Å². The number of hydrogen-bond acceptors (Lipinski definition) is 4. The zero-order chi connectivity index (χ0) is 15.0. The molecule has 1 N–H and O–H groups in total. The van der Waals surface area contributed by atoms with Crippen LogP contribution < -0.4 is 5.32 Å². The Balaban J connectivity index is 1.78. The molecule has 116 valence electrons. The molecule has 1 amide bonds. The Morgan fingerprint density at radius 2 is 2.29 bits per heavy atom. The third kappa shape index (κ3) is 2.87. The molecule has 0 radical (unpaired) electrons. The molecular formula is C16H24N2O2S. The van der Waals surface area contributed by atoms with E-state index >= 15 is 0 Å². The van der Waals surface area contributed by atoms with E-state index in [1.165, 1.54) is 9.75 Å². The molecule has 0 aliphatic carbocycles. The summed E-state index contributed by atoms with van der Waals surface area (Å²) in [5.74, 6) is 0.683. The monoisotopic (exact) mass is 308 g/mol. The van der Waals surface area contributed by atoms with Gasteiger partial charge in [-0.05, 0) is 38.8 Å². The Labute approximate surface area is 130 Å². The molecule has 4 unspecified atom stereocenters. The SMILES string of the molecule is CCC1OCCC1CN1C(=O)C(C)NC1c1ccc(C)s1. The van der Waals surface area contributed by atoms with Crippen molar-refractivity contribution in [2.75, 3.05) is 13.2 Å². The van der Waals surface area contributed by atoms with Crippen LogP contribution in [-0.2, 0) is 9.53 Å². The fourth-order valence-corrected chi connectivity index (χ4v) is 4.36. The number of thiophene rings is 1. The number of nitrogens with zero attached hydrogens (tertiary/aromatic N) is 1. The molecular weight excluding hydrogens is 284 g/mol. The highest BCUT2D eigenvalue weighted by Crippen LogP contribution is 2.33. The Kier molecular flexibility index (Phi) is 4.33. The number of hydrogen-bond donors (Lipinski definition) is 1. The van der Waals surface area contributed by atoms with Gasteiger partial charge in [0.15, 0.2) is 0 Å². The Morgan fingerprint density at radius 1 is 1.48 bits per heavy atom. The summed E-state index contributed by atoms with van der Waals surface area (Å²) in [5, 5.41) is 3.44. The average molecular weight is 308 g/mol. The summed E-state index contributed by atoms with van der Waals surface area (Å²) in [6, 6.07) is 4.17. The summed E-state index contributed by atoms with van der Waals surface area (Å²) >= 11 is 1.77. The van der Waals surface area contributed by atoms with Crippen LogP contribution in [0.5, 0.6) is 0 Å². The minimum absolute atomic E-state index is 0.0318. The van der Waals surface area contributed by atoms with E-state index in [0.717, 1.165) is 26.0 Å². The number of rotatable bonds is 4. The molecule has 3 rings (SSSR count). The molecule has 2 saturated heterocycles. The van der Waals surface area contributed by atoms with Gasteiger partial charge in [-0.25, -0.2) is 0 Å². The molecule has 0 spiro atoms. The van der Waals surface area contributed by atoms with Gasteiger partial charge >= 0.3 is 0 Å². The summed E-state index contributed by atoms with van der Waals surface area (Å²) in [5.41, 5.74) is 0. The molecule has 2 aliphatic rings. The first kappa shape index (κ1) is 15.0. The number of ether oxygens (including phenoxy) is 1. The summed E-state index contributed by atoms with van der Waals surface area (Å²) in [4.78, 5) is 17.1. The molecule has 2 fully saturated rings. The van der Waals surface area contributed by atoms with E-state index in [0.29, 0.717) is 12.0 Å². The average Bonchev–Trinajstić information content (AvgIpc) is 3.15. The lowest BCUT2D eigenvalue weighted by atomic mass is 9.98. The lowest BCUT2D eigenvalue weighted by molar-refractivity contribution is -0.130. The number of carbonyl (C=O) groups is 1. The lowest BCUT2D eigenvalue weighted by Crippen LogP contribution is -2.37. The van der Waals surface area contributed by atoms with E-state index in [4.69, 9.17) is 4.74 Å². The van der Waals surface area contributed by atoms with Gasteiger partial charge in [0.05, 0.1) is 12.1 Å². The van der Waals surface area contributed by atoms with Crippen LogP contribution in [0, 0.1) is 12.8 Å². The van der Waals surface area contributed by atoms with Crippen LogP contribution in [-0.4, -0.2) is 36.1 Å². The maximum absolute atomic E-state index is 12.5. The van der Waals surface area contributed by atoms with Gasteiger partial charge in [-0.2, -0.15) is 0 Å². The van der Waals surface area contributed by atoms with Gasteiger partial charge < -0.3 is 9.64 Å². The van der Waals surface area contributed by atoms with Crippen LogP contribution in [0.4, 0.5) is 0 Å². The Hall–Kier alpha value is -0.910. The maximum atomic E-state index is 12.5. The van der Waals surface area contributed by atoms with Gasteiger partial charge in [0.1, 0.15) is 6.17 Å². The number of nitrogens with one attached hydrogen (secondary N) is 1. The molecule has 3 heterocycles. The molecule has 4 atom stereocenters. The van der Waals surface area contributed by atoms with Gasteiger partial charge in [-0.15, -0.1) is 11.3 Å². The van der Waals surface area contributed by atoms with Crippen LogP contribution in [0.25, 0.3) is 0 Å². The molecule has 0 saturated carbocycles.